The van der Waals surface area contributed by atoms with Gasteiger partial charge in [0.25, 0.3) is 0 Å². The first-order chi connectivity index (χ1) is 5.54. The quantitative estimate of drug-likeness (QED) is 0.278. The zero-order valence-electron chi connectivity index (χ0n) is 6.50. The molecule has 0 saturated heterocycles. The van der Waals surface area contributed by atoms with E-state index in [9.17, 15) is 4.79 Å². The molecule has 4 atom stereocenters. The lowest BCUT2D eigenvalue weighted by molar-refractivity contribution is -0.110. The van der Waals surface area contributed by atoms with E-state index in [0.717, 1.165) is 0 Å². The Morgan fingerprint density at radius 2 is 1.83 bits per heavy atom. The second-order valence-corrected chi connectivity index (χ2v) is 2.53. The van der Waals surface area contributed by atoms with Crippen LogP contribution in [0, 0.1) is 0 Å². The fourth-order valence-electron chi connectivity index (χ4n) is 0.683. The monoisotopic (exact) mass is 178 g/mol. The van der Waals surface area contributed by atoms with Gasteiger partial charge in [0.05, 0.1) is 24.8 Å². The Kier molecular flexibility index (Phi) is 4.95. The lowest BCUT2D eigenvalue weighted by Gasteiger charge is -2.24. The van der Waals surface area contributed by atoms with Gasteiger partial charge in [0.1, 0.15) is 12.4 Å². The summed E-state index contributed by atoms with van der Waals surface area (Å²) >= 11 is 0. The standard InChI is InChI=1S/C6H14N2O4/c7-3(1-9)5(8)6(12)4(11)2-10/h1,3-6,10-12H,2,7-8H2/t3-,4+,5+,6+/m0/s1. The molecule has 6 heteroatoms. The van der Waals surface area contributed by atoms with Crippen LogP contribution < -0.4 is 11.5 Å². The zero-order chi connectivity index (χ0) is 9.72. The molecule has 0 spiro atoms. The molecule has 0 aliphatic carbocycles. The molecule has 0 fully saturated rings. The number of aliphatic hydroxyl groups excluding tert-OH is 3. The fourth-order valence-corrected chi connectivity index (χ4v) is 0.683. The number of hydrogen-bond donors (Lipinski definition) is 5. The molecule has 7 N–H and O–H groups in total. The first kappa shape index (κ1) is 11.5. The van der Waals surface area contributed by atoms with Gasteiger partial charge < -0.3 is 31.6 Å². The third-order valence-electron chi connectivity index (χ3n) is 1.58. The van der Waals surface area contributed by atoms with Crippen LogP contribution in [0.1, 0.15) is 0 Å². The van der Waals surface area contributed by atoms with Gasteiger partial charge in [-0.25, -0.2) is 0 Å². The van der Waals surface area contributed by atoms with Crippen molar-refractivity contribution in [2.45, 2.75) is 24.3 Å². The van der Waals surface area contributed by atoms with Crippen molar-refractivity contribution < 1.29 is 20.1 Å². The van der Waals surface area contributed by atoms with E-state index in [1.165, 1.54) is 0 Å². The number of aliphatic hydroxyl groups is 3. The van der Waals surface area contributed by atoms with Crippen molar-refractivity contribution in [3.05, 3.63) is 0 Å². The summed E-state index contributed by atoms with van der Waals surface area (Å²) in [6.07, 6.45) is -2.39. The van der Waals surface area contributed by atoms with Crippen molar-refractivity contribution in [1.29, 1.82) is 0 Å². The van der Waals surface area contributed by atoms with Crippen LogP contribution in [0.5, 0.6) is 0 Å². The fraction of sp³-hybridized carbons (Fsp3) is 0.833. The number of aldehydes is 1. The van der Waals surface area contributed by atoms with Crippen molar-refractivity contribution in [2.75, 3.05) is 6.61 Å². The maximum absolute atomic E-state index is 10.1. The molecule has 72 valence electrons. The molecule has 0 heterocycles. The topological polar surface area (TPSA) is 130 Å². The van der Waals surface area contributed by atoms with Gasteiger partial charge in [0.15, 0.2) is 0 Å². The summed E-state index contributed by atoms with van der Waals surface area (Å²) in [5, 5.41) is 26.4. The molecular formula is C6H14N2O4. The lowest BCUT2D eigenvalue weighted by atomic mass is 10.0. The summed E-state index contributed by atoms with van der Waals surface area (Å²) < 4.78 is 0. The SMILES string of the molecule is N[C@@H]([C@H](O)[C@H](O)CO)[C@@H](N)C=O. The van der Waals surface area contributed by atoms with Gasteiger partial charge in [-0.2, -0.15) is 0 Å². The van der Waals surface area contributed by atoms with E-state index >= 15 is 0 Å². The summed E-state index contributed by atoms with van der Waals surface area (Å²) in [5.74, 6) is 0. The maximum Gasteiger partial charge on any atom is 0.138 e. The van der Waals surface area contributed by atoms with Gasteiger partial charge in [-0.05, 0) is 0 Å². The molecule has 6 nitrogen and oxygen atoms in total. The Morgan fingerprint density at radius 1 is 1.33 bits per heavy atom. The van der Waals surface area contributed by atoms with Crippen LogP contribution in [0.25, 0.3) is 0 Å². The van der Waals surface area contributed by atoms with E-state index in [1.807, 2.05) is 0 Å². The van der Waals surface area contributed by atoms with Crippen molar-refractivity contribution in [3.8, 4) is 0 Å². The van der Waals surface area contributed by atoms with E-state index in [-0.39, 0.29) is 0 Å². The van der Waals surface area contributed by atoms with Crippen LogP contribution in [0.2, 0.25) is 0 Å². The Morgan fingerprint density at radius 3 is 2.17 bits per heavy atom. The van der Waals surface area contributed by atoms with Crippen LogP contribution in [-0.2, 0) is 4.79 Å². The van der Waals surface area contributed by atoms with Crippen molar-refractivity contribution in [3.63, 3.8) is 0 Å². The van der Waals surface area contributed by atoms with Gasteiger partial charge in [0, 0.05) is 0 Å². The van der Waals surface area contributed by atoms with E-state index < -0.39 is 30.9 Å². The molecule has 0 aromatic heterocycles. The smallest absolute Gasteiger partial charge is 0.138 e. The van der Waals surface area contributed by atoms with E-state index in [2.05, 4.69) is 0 Å². The van der Waals surface area contributed by atoms with Crippen LogP contribution in [-0.4, -0.2) is 52.5 Å². The molecule has 0 saturated carbocycles. The molecule has 0 aromatic carbocycles. The largest absolute Gasteiger partial charge is 0.394 e. The summed E-state index contributed by atoms with van der Waals surface area (Å²) in [5.41, 5.74) is 10.4. The van der Waals surface area contributed by atoms with Crippen LogP contribution >= 0.6 is 0 Å². The van der Waals surface area contributed by atoms with Crippen molar-refractivity contribution >= 4 is 6.29 Å². The minimum absolute atomic E-state index is 0.373. The summed E-state index contributed by atoms with van der Waals surface area (Å²) in [7, 11) is 0. The molecule has 0 rings (SSSR count). The predicted octanol–water partition coefficient (Wildman–Crippen LogP) is -3.45. The highest BCUT2D eigenvalue weighted by Gasteiger charge is 2.27. The molecule has 0 aliphatic heterocycles. The molecule has 0 amide bonds. The maximum atomic E-state index is 10.1. The summed E-state index contributed by atoms with van der Waals surface area (Å²) in [4.78, 5) is 10.1. The van der Waals surface area contributed by atoms with E-state index in [4.69, 9.17) is 26.8 Å². The Balaban J connectivity index is 4.07. The number of hydrogen-bond acceptors (Lipinski definition) is 6. The Hall–Kier alpha value is -0.530. The molecular weight excluding hydrogens is 164 g/mol. The summed E-state index contributed by atoms with van der Waals surface area (Å²) in [6, 6.07) is -2.11. The molecule has 0 aromatic rings. The van der Waals surface area contributed by atoms with Gasteiger partial charge >= 0.3 is 0 Å². The van der Waals surface area contributed by atoms with Crippen molar-refractivity contribution in [1.82, 2.24) is 0 Å². The third kappa shape index (κ3) is 2.84. The van der Waals surface area contributed by atoms with Crippen LogP contribution in [0.15, 0.2) is 0 Å². The second-order valence-electron chi connectivity index (χ2n) is 2.53. The van der Waals surface area contributed by atoms with Crippen molar-refractivity contribution in [2.24, 2.45) is 11.5 Å². The van der Waals surface area contributed by atoms with E-state index in [1.54, 1.807) is 0 Å². The number of nitrogens with two attached hydrogens (primary N) is 2. The molecule has 0 unspecified atom stereocenters. The minimum Gasteiger partial charge on any atom is -0.394 e. The van der Waals surface area contributed by atoms with Gasteiger partial charge in [-0.15, -0.1) is 0 Å². The van der Waals surface area contributed by atoms with Gasteiger partial charge in [0.2, 0.25) is 0 Å². The minimum atomic E-state index is -1.39. The average Bonchev–Trinajstić information content (AvgIpc) is 2.12. The molecule has 0 radical (unpaired) electrons. The number of rotatable bonds is 5. The Bertz CT molecular complexity index is 144. The number of carbonyl (C=O) groups is 1. The molecule has 12 heavy (non-hydrogen) atoms. The van der Waals surface area contributed by atoms with Crippen LogP contribution in [0.4, 0.5) is 0 Å². The first-order valence-electron chi connectivity index (χ1n) is 3.48. The van der Waals surface area contributed by atoms with Gasteiger partial charge in [-0.3, -0.25) is 0 Å². The first-order valence-corrected chi connectivity index (χ1v) is 3.48. The average molecular weight is 178 g/mol. The number of carbonyl (C=O) groups excluding carboxylic acids is 1. The highest BCUT2D eigenvalue weighted by atomic mass is 16.4. The molecule has 0 bridgehead atoms. The highest BCUT2D eigenvalue weighted by Crippen LogP contribution is 1.99. The normalized spacial score (nSPS) is 21.1. The summed E-state index contributed by atoms with van der Waals surface area (Å²) in [6.45, 7) is -0.625. The van der Waals surface area contributed by atoms with E-state index in [0.29, 0.717) is 6.29 Å². The zero-order valence-corrected chi connectivity index (χ0v) is 6.50. The predicted molar refractivity (Wildman–Crippen MR) is 41.1 cm³/mol. The lowest BCUT2D eigenvalue weighted by Crippen LogP contribution is -2.55. The molecule has 0 aliphatic rings. The van der Waals surface area contributed by atoms with Gasteiger partial charge in [-0.1, -0.05) is 0 Å². The Labute approximate surface area is 69.8 Å². The second kappa shape index (κ2) is 5.18. The van der Waals surface area contributed by atoms with Crippen LogP contribution in [0.3, 0.4) is 0 Å². The highest BCUT2D eigenvalue weighted by molar-refractivity contribution is 5.58. The third-order valence-corrected chi connectivity index (χ3v) is 1.58.